The third kappa shape index (κ3) is 4.95. The number of aromatic nitrogens is 2. The van der Waals surface area contributed by atoms with Crippen LogP contribution in [-0.4, -0.2) is 53.1 Å². The second-order valence-electron chi connectivity index (χ2n) is 8.12. The van der Waals surface area contributed by atoms with Crippen molar-refractivity contribution in [1.82, 2.24) is 9.97 Å². The number of hydrogen-bond acceptors (Lipinski definition) is 7. The summed E-state index contributed by atoms with van der Waals surface area (Å²) in [7, 11) is 0. The van der Waals surface area contributed by atoms with Gasteiger partial charge >= 0.3 is 6.18 Å². The van der Waals surface area contributed by atoms with Crippen LogP contribution < -0.4 is 10.2 Å². The highest BCUT2D eigenvalue weighted by Crippen LogP contribution is 2.36. The fourth-order valence-electron chi connectivity index (χ4n) is 4.36. The summed E-state index contributed by atoms with van der Waals surface area (Å²) in [6, 6.07) is 3.70. The van der Waals surface area contributed by atoms with Gasteiger partial charge < -0.3 is 24.5 Å². The lowest BCUT2D eigenvalue weighted by Crippen LogP contribution is -2.46. The van der Waals surface area contributed by atoms with Gasteiger partial charge in [-0.1, -0.05) is 6.92 Å². The van der Waals surface area contributed by atoms with E-state index in [1.807, 2.05) is 13.8 Å². The number of nitrogens with zero attached hydrogens (tertiary/aromatic N) is 3. The normalized spacial score (nSPS) is 22.1. The van der Waals surface area contributed by atoms with E-state index in [9.17, 15) is 18.3 Å². The summed E-state index contributed by atoms with van der Waals surface area (Å²) in [5, 5.41) is 13.2. The number of morpholine rings is 1. The SMILES string of the molecule is CCc1oc(CC(O)c2cc(N3C4CCC3COC4)cc(NCC(F)(F)F)n2)nc1C. The molecule has 2 bridgehead atoms. The Morgan fingerprint density at radius 1 is 1.23 bits per heavy atom. The first kappa shape index (κ1) is 21.9. The first-order chi connectivity index (χ1) is 14.7. The second kappa shape index (κ2) is 8.66. The Morgan fingerprint density at radius 3 is 2.55 bits per heavy atom. The third-order valence-electron chi connectivity index (χ3n) is 5.81. The molecule has 0 aromatic carbocycles. The summed E-state index contributed by atoms with van der Waals surface area (Å²) >= 11 is 0. The average molecular weight is 440 g/mol. The van der Waals surface area contributed by atoms with Crippen molar-refractivity contribution in [2.24, 2.45) is 0 Å². The molecule has 31 heavy (non-hydrogen) atoms. The molecule has 0 saturated carbocycles. The molecule has 2 aliphatic heterocycles. The van der Waals surface area contributed by atoms with Crippen molar-refractivity contribution in [3.8, 4) is 0 Å². The lowest BCUT2D eigenvalue weighted by atomic mass is 10.1. The fourth-order valence-corrected chi connectivity index (χ4v) is 4.36. The Labute approximate surface area is 178 Å². The molecule has 2 fully saturated rings. The molecule has 10 heteroatoms. The standard InChI is InChI=1S/C21H27F3N4O3/c1-3-18-12(2)26-20(31-18)8-17(29)16-6-15(7-19(27-16)25-11-21(22,23)24)28-13-4-5-14(28)10-30-9-13/h6-7,13-14,17,29H,3-5,8-11H2,1-2H3,(H,25,27). The number of alkyl halides is 3. The minimum atomic E-state index is -4.37. The lowest BCUT2D eigenvalue weighted by molar-refractivity contribution is -0.115. The van der Waals surface area contributed by atoms with Gasteiger partial charge in [-0.15, -0.1) is 0 Å². The van der Waals surface area contributed by atoms with Crippen molar-refractivity contribution in [3.05, 3.63) is 35.2 Å². The number of aryl methyl sites for hydroxylation is 2. The summed E-state index contributed by atoms with van der Waals surface area (Å²) in [5.74, 6) is 1.21. The largest absolute Gasteiger partial charge is 0.445 e. The molecular weight excluding hydrogens is 413 g/mol. The number of ether oxygens (including phenoxy) is 1. The van der Waals surface area contributed by atoms with Crippen LogP contribution >= 0.6 is 0 Å². The van der Waals surface area contributed by atoms with E-state index in [1.54, 1.807) is 12.1 Å². The molecule has 2 saturated heterocycles. The van der Waals surface area contributed by atoms with Crippen LogP contribution in [0.25, 0.3) is 0 Å². The number of aliphatic hydroxyl groups is 1. The first-order valence-electron chi connectivity index (χ1n) is 10.6. The van der Waals surface area contributed by atoms with Gasteiger partial charge in [-0.3, -0.25) is 0 Å². The monoisotopic (exact) mass is 440 g/mol. The molecule has 170 valence electrons. The minimum Gasteiger partial charge on any atom is -0.445 e. The Balaban J connectivity index is 1.62. The van der Waals surface area contributed by atoms with Crippen LogP contribution in [0.2, 0.25) is 0 Å². The van der Waals surface area contributed by atoms with Crippen LogP contribution in [0.1, 0.15) is 48.9 Å². The topological polar surface area (TPSA) is 83.7 Å². The zero-order valence-electron chi connectivity index (χ0n) is 17.6. The molecule has 4 rings (SSSR count). The van der Waals surface area contributed by atoms with E-state index in [0.29, 0.717) is 25.5 Å². The summed E-state index contributed by atoms with van der Waals surface area (Å²) in [4.78, 5) is 10.8. The van der Waals surface area contributed by atoms with Crippen molar-refractivity contribution in [3.63, 3.8) is 0 Å². The van der Waals surface area contributed by atoms with E-state index < -0.39 is 18.8 Å². The smallest absolute Gasteiger partial charge is 0.405 e. The van der Waals surface area contributed by atoms with E-state index in [4.69, 9.17) is 9.15 Å². The minimum absolute atomic E-state index is 0.0765. The van der Waals surface area contributed by atoms with Crippen molar-refractivity contribution >= 4 is 11.5 Å². The first-order valence-corrected chi connectivity index (χ1v) is 10.6. The Morgan fingerprint density at radius 2 is 1.94 bits per heavy atom. The van der Waals surface area contributed by atoms with Crippen LogP contribution in [0.5, 0.6) is 0 Å². The van der Waals surface area contributed by atoms with Gasteiger partial charge in [-0.05, 0) is 25.8 Å². The maximum atomic E-state index is 12.8. The molecule has 2 aromatic heterocycles. The maximum absolute atomic E-state index is 12.8. The van der Waals surface area contributed by atoms with Crippen LogP contribution in [0, 0.1) is 6.92 Å². The van der Waals surface area contributed by atoms with Gasteiger partial charge in [0.1, 0.15) is 24.2 Å². The van der Waals surface area contributed by atoms with Gasteiger partial charge in [-0.25, -0.2) is 9.97 Å². The third-order valence-corrected chi connectivity index (χ3v) is 5.81. The number of aliphatic hydroxyl groups excluding tert-OH is 1. The van der Waals surface area contributed by atoms with Gasteiger partial charge in [0.2, 0.25) is 0 Å². The molecule has 2 aromatic rings. The quantitative estimate of drug-likeness (QED) is 0.681. The van der Waals surface area contributed by atoms with Gasteiger partial charge in [-0.2, -0.15) is 13.2 Å². The number of hydrogen-bond donors (Lipinski definition) is 2. The van der Waals surface area contributed by atoms with Gasteiger partial charge in [0.15, 0.2) is 5.89 Å². The second-order valence-corrected chi connectivity index (χ2v) is 8.12. The number of nitrogens with one attached hydrogen (secondary N) is 1. The number of anilines is 2. The molecule has 3 atom stereocenters. The van der Waals surface area contributed by atoms with Gasteiger partial charge in [0, 0.05) is 18.2 Å². The average Bonchev–Trinajstić information content (AvgIpc) is 3.20. The lowest BCUT2D eigenvalue weighted by Gasteiger charge is -2.37. The summed E-state index contributed by atoms with van der Waals surface area (Å²) < 4.78 is 49.6. The summed E-state index contributed by atoms with van der Waals surface area (Å²) in [6.07, 6.45) is -2.73. The highest BCUT2D eigenvalue weighted by Gasteiger charge is 2.38. The predicted molar refractivity (Wildman–Crippen MR) is 108 cm³/mol. The molecule has 2 aliphatic rings. The number of pyridine rings is 1. The molecule has 0 radical (unpaired) electrons. The van der Waals surface area contributed by atoms with E-state index in [1.165, 1.54) is 0 Å². The predicted octanol–water partition coefficient (Wildman–Crippen LogP) is 3.56. The number of fused-ring (bicyclic) bond motifs is 2. The Bertz CT molecular complexity index is 902. The molecule has 3 unspecified atom stereocenters. The molecule has 0 amide bonds. The van der Waals surface area contributed by atoms with Gasteiger partial charge in [0.05, 0.1) is 43.1 Å². The van der Waals surface area contributed by atoms with Crippen LogP contribution in [-0.2, 0) is 17.6 Å². The highest BCUT2D eigenvalue weighted by molar-refractivity contribution is 5.58. The van der Waals surface area contributed by atoms with E-state index >= 15 is 0 Å². The van der Waals surface area contributed by atoms with Crippen molar-refractivity contribution < 1.29 is 27.4 Å². The molecular formula is C21H27F3N4O3. The summed E-state index contributed by atoms with van der Waals surface area (Å²) in [5.41, 5.74) is 1.79. The fraction of sp³-hybridized carbons (Fsp3) is 0.619. The number of halogens is 3. The number of rotatable bonds is 7. The van der Waals surface area contributed by atoms with Crippen LogP contribution in [0.3, 0.4) is 0 Å². The van der Waals surface area contributed by atoms with Gasteiger partial charge in [0.25, 0.3) is 0 Å². The molecule has 4 heterocycles. The van der Waals surface area contributed by atoms with Crippen LogP contribution in [0.4, 0.5) is 24.7 Å². The van der Waals surface area contributed by atoms with Crippen molar-refractivity contribution in [2.75, 3.05) is 30.0 Å². The molecule has 0 spiro atoms. The van der Waals surface area contributed by atoms with Crippen molar-refractivity contribution in [1.29, 1.82) is 0 Å². The summed E-state index contributed by atoms with van der Waals surface area (Å²) in [6.45, 7) is 3.75. The zero-order chi connectivity index (χ0) is 22.2. The van der Waals surface area contributed by atoms with Crippen LogP contribution in [0.15, 0.2) is 16.5 Å². The highest BCUT2D eigenvalue weighted by atomic mass is 19.4. The van der Waals surface area contributed by atoms with E-state index in [-0.39, 0.29) is 30.0 Å². The molecule has 2 N–H and O–H groups in total. The maximum Gasteiger partial charge on any atom is 0.405 e. The molecule has 0 aliphatic carbocycles. The number of oxazole rings is 1. The van der Waals surface area contributed by atoms with E-state index in [2.05, 4.69) is 20.2 Å². The Hall–Kier alpha value is -2.33. The zero-order valence-corrected chi connectivity index (χ0v) is 17.6. The molecule has 7 nitrogen and oxygen atoms in total. The Kier molecular flexibility index (Phi) is 6.11. The van der Waals surface area contributed by atoms with Crippen molar-refractivity contribution in [2.45, 2.75) is 63.9 Å². The van der Waals surface area contributed by atoms with E-state index in [0.717, 1.165) is 30.0 Å².